The van der Waals surface area contributed by atoms with Gasteiger partial charge in [0.05, 0.1) is 6.61 Å². The van der Waals surface area contributed by atoms with Crippen LogP contribution in [-0.2, 0) is 9.53 Å². The molecular formula is C7H13NO2. The van der Waals surface area contributed by atoms with Crippen LogP contribution >= 0.6 is 0 Å². The lowest BCUT2D eigenvalue weighted by atomic mass is 10.3. The summed E-state index contributed by atoms with van der Waals surface area (Å²) in [5, 5.41) is 6.86. The third-order valence-corrected chi connectivity index (χ3v) is 1.04. The molecule has 0 saturated carbocycles. The van der Waals surface area contributed by atoms with Gasteiger partial charge in [-0.2, -0.15) is 0 Å². The molecule has 3 nitrogen and oxygen atoms in total. The first-order chi connectivity index (χ1) is 4.68. The Morgan fingerprint density at radius 1 is 1.60 bits per heavy atom. The first-order valence-electron chi connectivity index (χ1n) is 3.40. The summed E-state index contributed by atoms with van der Waals surface area (Å²) in [6.07, 6.45) is 1.88. The largest absolute Gasteiger partial charge is 0.461 e. The zero-order valence-electron chi connectivity index (χ0n) is 6.44. The van der Waals surface area contributed by atoms with Crippen LogP contribution in [0, 0.1) is 5.41 Å². The van der Waals surface area contributed by atoms with E-state index in [2.05, 4.69) is 4.74 Å². The quantitative estimate of drug-likeness (QED) is 0.367. The lowest BCUT2D eigenvalue weighted by molar-refractivity contribution is -0.135. The van der Waals surface area contributed by atoms with E-state index < -0.39 is 5.97 Å². The number of ether oxygens (including phenoxy) is 1. The molecule has 0 aromatic heterocycles. The highest BCUT2D eigenvalue weighted by atomic mass is 16.5. The monoisotopic (exact) mass is 143 g/mol. The van der Waals surface area contributed by atoms with Crippen molar-refractivity contribution in [2.75, 3.05) is 6.61 Å². The summed E-state index contributed by atoms with van der Waals surface area (Å²) in [6, 6.07) is 0. The number of carbonyl (C=O) groups is 1. The zero-order valence-corrected chi connectivity index (χ0v) is 6.44. The average Bonchev–Trinajstić information content (AvgIpc) is 1.88. The summed E-state index contributed by atoms with van der Waals surface area (Å²) in [4.78, 5) is 10.6. The molecule has 0 amide bonds. The molecule has 0 heterocycles. The Labute approximate surface area is 60.9 Å². The molecule has 0 spiro atoms. The summed E-state index contributed by atoms with van der Waals surface area (Å²) in [6.45, 7) is 3.88. The smallest absolute Gasteiger partial charge is 0.351 e. The van der Waals surface area contributed by atoms with Crippen LogP contribution in [-0.4, -0.2) is 18.3 Å². The second-order valence-corrected chi connectivity index (χ2v) is 2.11. The molecule has 3 heteroatoms. The van der Waals surface area contributed by atoms with Gasteiger partial charge in [-0.1, -0.05) is 13.3 Å². The van der Waals surface area contributed by atoms with E-state index in [1.165, 1.54) is 6.92 Å². The van der Waals surface area contributed by atoms with Crippen molar-refractivity contribution in [1.29, 1.82) is 5.41 Å². The predicted molar refractivity (Wildman–Crippen MR) is 39.3 cm³/mol. The van der Waals surface area contributed by atoms with E-state index in [-0.39, 0.29) is 5.71 Å². The van der Waals surface area contributed by atoms with Crippen molar-refractivity contribution in [3.05, 3.63) is 0 Å². The maximum absolute atomic E-state index is 10.6. The Morgan fingerprint density at radius 3 is 2.60 bits per heavy atom. The van der Waals surface area contributed by atoms with Crippen LogP contribution in [0.2, 0.25) is 0 Å². The second-order valence-electron chi connectivity index (χ2n) is 2.11. The van der Waals surface area contributed by atoms with Crippen molar-refractivity contribution in [3.8, 4) is 0 Å². The molecule has 10 heavy (non-hydrogen) atoms. The highest BCUT2D eigenvalue weighted by Gasteiger charge is 2.02. The number of hydrogen-bond acceptors (Lipinski definition) is 3. The number of esters is 1. The van der Waals surface area contributed by atoms with E-state index in [0.29, 0.717) is 6.61 Å². The molecule has 1 N–H and O–H groups in total. The molecule has 0 aliphatic carbocycles. The van der Waals surface area contributed by atoms with E-state index in [0.717, 1.165) is 12.8 Å². The molecule has 0 atom stereocenters. The minimum Gasteiger partial charge on any atom is -0.461 e. The number of nitrogens with one attached hydrogen (secondary N) is 1. The molecule has 0 aromatic rings. The van der Waals surface area contributed by atoms with Crippen LogP contribution in [0.25, 0.3) is 0 Å². The summed E-state index contributed by atoms with van der Waals surface area (Å²) >= 11 is 0. The van der Waals surface area contributed by atoms with Crippen LogP contribution in [0.15, 0.2) is 0 Å². The van der Waals surface area contributed by atoms with Gasteiger partial charge in [-0.25, -0.2) is 4.79 Å². The standard InChI is InChI=1S/C7H13NO2/c1-3-4-5-10-7(9)6(2)8/h8H,3-5H2,1-2H3. The number of carbonyl (C=O) groups excluding carboxylic acids is 1. The molecule has 0 rings (SSSR count). The lowest BCUT2D eigenvalue weighted by Crippen LogP contribution is -2.13. The van der Waals surface area contributed by atoms with Gasteiger partial charge in [-0.15, -0.1) is 0 Å². The fourth-order valence-corrected chi connectivity index (χ4v) is 0.417. The molecule has 58 valence electrons. The van der Waals surface area contributed by atoms with Gasteiger partial charge in [0.15, 0.2) is 0 Å². The summed E-state index contributed by atoms with van der Waals surface area (Å²) in [5.41, 5.74) is -0.0314. The molecule has 0 unspecified atom stereocenters. The SMILES string of the molecule is CCCCOC(=O)C(C)=N. The third kappa shape index (κ3) is 4.06. The Balaban J connectivity index is 3.31. The Hall–Kier alpha value is -0.860. The topological polar surface area (TPSA) is 50.2 Å². The summed E-state index contributed by atoms with van der Waals surface area (Å²) < 4.78 is 4.68. The molecular weight excluding hydrogens is 130 g/mol. The van der Waals surface area contributed by atoms with Gasteiger partial charge >= 0.3 is 5.97 Å². The lowest BCUT2D eigenvalue weighted by Gasteiger charge is -2.00. The van der Waals surface area contributed by atoms with Crippen molar-refractivity contribution >= 4 is 11.7 Å². The average molecular weight is 143 g/mol. The first-order valence-corrected chi connectivity index (χ1v) is 3.40. The maximum atomic E-state index is 10.6. The maximum Gasteiger partial charge on any atom is 0.351 e. The van der Waals surface area contributed by atoms with E-state index in [9.17, 15) is 4.79 Å². The van der Waals surface area contributed by atoms with Gasteiger partial charge in [0, 0.05) is 0 Å². The Kier molecular flexibility index (Phi) is 4.54. The molecule has 0 fully saturated rings. The van der Waals surface area contributed by atoms with Crippen molar-refractivity contribution in [3.63, 3.8) is 0 Å². The van der Waals surface area contributed by atoms with Gasteiger partial charge in [-0.3, -0.25) is 5.41 Å². The van der Waals surface area contributed by atoms with Crippen molar-refractivity contribution in [2.24, 2.45) is 0 Å². The highest BCUT2D eigenvalue weighted by Crippen LogP contribution is 1.88. The third-order valence-electron chi connectivity index (χ3n) is 1.04. The van der Waals surface area contributed by atoms with Gasteiger partial charge < -0.3 is 4.74 Å². The van der Waals surface area contributed by atoms with E-state index in [4.69, 9.17) is 5.41 Å². The van der Waals surface area contributed by atoms with Gasteiger partial charge in [0.25, 0.3) is 0 Å². The van der Waals surface area contributed by atoms with Gasteiger partial charge in [0.1, 0.15) is 5.71 Å². The normalized spacial score (nSPS) is 9.00. The molecule has 0 saturated heterocycles. The van der Waals surface area contributed by atoms with E-state index in [1.54, 1.807) is 0 Å². The van der Waals surface area contributed by atoms with Gasteiger partial charge in [0.2, 0.25) is 0 Å². The summed E-state index contributed by atoms with van der Waals surface area (Å²) in [7, 11) is 0. The minimum absolute atomic E-state index is 0.0314. The van der Waals surface area contributed by atoms with Crippen LogP contribution in [0.5, 0.6) is 0 Å². The van der Waals surface area contributed by atoms with E-state index in [1.807, 2.05) is 6.92 Å². The fourth-order valence-electron chi connectivity index (χ4n) is 0.417. The predicted octanol–water partition coefficient (Wildman–Crippen LogP) is 1.37. The van der Waals surface area contributed by atoms with Crippen molar-refractivity contribution < 1.29 is 9.53 Å². The summed E-state index contributed by atoms with van der Waals surface area (Å²) in [5.74, 6) is -0.506. The van der Waals surface area contributed by atoms with E-state index >= 15 is 0 Å². The van der Waals surface area contributed by atoms with Gasteiger partial charge in [-0.05, 0) is 13.3 Å². The van der Waals surface area contributed by atoms with Crippen LogP contribution < -0.4 is 0 Å². The van der Waals surface area contributed by atoms with Crippen LogP contribution in [0.1, 0.15) is 26.7 Å². The Bertz CT molecular complexity index is 132. The number of rotatable bonds is 4. The molecule has 0 radical (unpaired) electrons. The highest BCUT2D eigenvalue weighted by molar-refractivity contribution is 6.33. The molecule has 0 aliphatic rings. The zero-order chi connectivity index (χ0) is 7.98. The Morgan fingerprint density at radius 2 is 2.20 bits per heavy atom. The number of hydrogen-bond donors (Lipinski definition) is 1. The fraction of sp³-hybridized carbons (Fsp3) is 0.714. The molecule has 0 aliphatic heterocycles. The van der Waals surface area contributed by atoms with Crippen molar-refractivity contribution in [1.82, 2.24) is 0 Å². The first kappa shape index (κ1) is 9.14. The number of unbranched alkanes of at least 4 members (excludes halogenated alkanes) is 1. The minimum atomic E-state index is -0.506. The molecule has 0 aromatic carbocycles. The van der Waals surface area contributed by atoms with Crippen LogP contribution in [0.3, 0.4) is 0 Å². The van der Waals surface area contributed by atoms with Crippen LogP contribution in [0.4, 0.5) is 0 Å². The second kappa shape index (κ2) is 4.97. The van der Waals surface area contributed by atoms with Crippen molar-refractivity contribution in [2.45, 2.75) is 26.7 Å². The molecule has 0 bridgehead atoms.